The Kier molecular flexibility index (Phi) is 3.80. The molecule has 1 amide bonds. The molecule has 1 aromatic carbocycles. The van der Waals surface area contributed by atoms with Crippen LogP contribution >= 0.6 is 15.9 Å². The molecule has 0 saturated heterocycles. The van der Waals surface area contributed by atoms with E-state index in [9.17, 15) is 4.79 Å². The third-order valence-electron chi connectivity index (χ3n) is 2.39. The SMILES string of the molecule is N#Cc1cccn1CC(=O)Nc1ccc(Br)cc1. The number of hydrogen-bond acceptors (Lipinski definition) is 2. The van der Waals surface area contributed by atoms with Gasteiger partial charge in [0.15, 0.2) is 0 Å². The number of nitrogens with one attached hydrogen (secondary N) is 1. The number of carbonyl (C=O) groups excluding carboxylic acids is 1. The number of aromatic nitrogens is 1. The zero-order chi connectivity index (χ0) is 13.0. The molecule has 2 aromatic rings. The molecule has 0 spiro atoms. The van der Waals surface area contributed by atoms with E-state index in [1.165, 1.54) is 0 Å². The highest BCUT2D eigenvalue weighted by molar-refractivity contribution is 9.10. The molecule has 90 valence electrons. The summed E-state index contributed by atoms with van der Waals surface area (Å²) >= 11 is 3.33. The molecule has 5 heteroatoms. The summed E-state index contributed by atoms with van der Waals surface area (Å²) in [6.45, 7) is 0.131. The molecule has 0 atom stereocenters. The van der Waals surface area contributed by atoms with E-state index in [4.69, 9.17) is 5.26 Å². The van der Waals surface area contributed by atoms with Crippen molar-refractivity contribution in [3.8, 4) is 6.07 Å². The van der Waals surface area contributed by atoms with Gasteiger partial charge in [0.25, 0.3) is 0 Å². The van der Waals surface area contributed by atoms with E-state index in [0.717, 1.165) is 10.2 Å². The summed E-state index contributed by atoms with van der Waals surface area (Å²) in [6, 6.07) is 12.8. The van der Waals surface area contributed by atoms with Crippen LogP contribution in [0.15, 0.2) is 47.1 Å². The first-order valence-corrected chi connectivity index (χ1v) is 6.09. The number of halogens is 1. The Morgan fingerprint density at radius 1 is 1.33 bits per heavy atom. The third kappa shape index (κ3) is 2.99. The fourth-order valence-corrected chi connectivity index (χ4v) is 1.81. The molecule has 4 nitrogen and oxygen atoms in total. The number of nitriles is 1. The quantitative estimate of drug-likeness (QED) is 0.948. The van der Waals surface area contributed by atoms with E-state index in [-0.39, 0.29) is 12.5 Å². The molecule has 1 aromatic heterocycles. The first-order chi connectivity index (χ1) is 8.69. The van der Waals surface area contributed by atoms with Crippen molar-refractivity contribution in [2.75, 3.05) is 5.32 Å². The van der Waals surface area contributed by atoms with Crippen LogP contribution in [0.3, 0.4) is 0 Å². The second-order valence-electron chi connectivity index (χ2n) is 3.69. The Morgan fingerprint density at radius 2 is 2.06 bits per heavy atom. The van der Waals surface area contributed by atoms with Crippen LogP contribution in [0.5, 0.6) is 0 Å². The number of hydrogen-bond donors (Lipinski definition) is 1. The average molecular weight is 304 g/mol. The van der Waals surface area contributed by atoms with Crippen molar-refractivity contribution >= 4 is 27.5 Å². The normalized spacial score (nSPS) is 9.78. The fraction of sp³-hybridized carbons (Fsp3) is 0.0769. The van der Waals surface area contributed by atoms with Crippen LogP contribution in [-0.4, -0.2) is 10.5 Å². The van der Waals surface area contributed by atoms with Crippen molar-refractivity contribution in [3.05, 3.63) is 52.8 Å². The van der Waals surface area contributed by atoms with Crippen molar-refractivity contribution in [1.82, 2.24) is 4.57 Å². The van der Waals surface area contributed by atoms with E-state index in [1.54, 1.807) is 22.9 Å². The number of rotatable bonds is 3. The monoisotopic (exact) mass is 303 g/mol. The predicted octanol–water partition coefficient (Wildman–Crippen LogP) is 2.76. The van der Waals surface area contributed by atoms with Crippen molar-refractivity contribution in [2.45, 2.75) is 6.54 Å². The van der Waals surface area contributed by atoms with Crippen LogP contribution in [-0.2, 0) is 11.3 Å². The van der Waals surface area contributed by atoms with Gasteiger partial charge in [-0.1, -0.05) is 15.9 Å². The van der Waals surface area contributed by atoms with Gasteiger partial charge in [-0.05, 0) is 36.4 Å². The summed E-state index contributed by atoms with van der Waals surface area (Å²) in [5.41, 5.74) is 1.20. The van der Waals surface area contributed by atoms with Gasteiger partial charge in [-0.3, -0.25) is 4.79 Å². The van der Waals surface area contributed by atoms with E-state index < -0.39 is 0 Å². The van der Waals surface area contributed by atoms with Gasteiger partial charge in [0, 0.05) is 16.4 Å². The van der Waals surface area contributed by atoms with Crippen molar-refractivity contribution in [3.63, 3.8) is 0 Å². The largest absolute Gasteiger partial charge is 0.330 e. The molecule has 0 unspecified atom stereocenters. The second-order valence-corrected chi connectivity index (χ2v) is 4.60. The van der Waals surface area contributed by atoms with Gasteiger partial charge >= 0.3 is 0 Å². The van der Waals surface area contributed by atoms with Gasteiger partial charge in [0.2, 0.25) is 5.91 Å². The minimum atomic E-state index is -0.162. The number of amides is 1. The zero-order valence-corrected chi connectivity index (χ0v) is 11.0. The maximum absolute atomic E-state index is 11.8. The molecule has 0 bridgehead atoms. The molecule has 0 aliphatic heterocycles. The summed E-state index contributed by atoms with van der Waals surface area (Å²) < 4.78 is 2.56. The second kappa shape index (κ2) is 5.52. The molecule has 1 heterocycles. The van der Waals surface area contributed by atoms with Crippen LogP contribution in [0.1, 0.15) is 5.69 Å². The Balaban J connectivity index is 2.01. The maximum atomic E-state index is 11.8. The van der Waals surface area contributed by atoms with Crippen LogP contribution < -0.4 is 5.32 Å². The molecule has 0 saturated carbocycles. The topological polar surface area (TPSA) is 57.8 Å². The van der Waals surface area contributed by atoms with E-state index in [1.807, 2.05) is 30.3 Å². The van der Waals surface area contributed by atoms with Crippen LogP contribution in [0.4, 0.5) is 5.69 Å². The Labute approximate surface area is 113 Å². The molecular weight excluding hydrogens is 294 g/mol. The molecule has 2 rings (SSSR count). The lowest BCUT2D eigenvalue weighted by molar-refractivity contribution is -0.116. The first-order valence-electron chi connectivity index (χ1n) is 5.30. The molecule has 0 fully saturated rings. The molecule has 18 heavy (non-hydrogen) atoms. The smallest absolute Gasteiger partial charge is 0.244 e. The first kappa shape index (κ1) is 12.4. The molecular formula is C13H10BrN3O. The van der Waals surface area contributed by atoms with Crippen LogP contribution in [0.25, 0.3) is 0 Å². The fourth-order valence-electron chi connectivity index (χ4n) is 1.54. The highest BCUT2D eigenvalue weighted by atomic mass is 79.9. The van der Waals surface area contributed by atoms with Gasteiger partial charge in [-0.15, -0.1) is 0 Å². The Bertz CT molecular complexity index is 595. The predicted molar refractivity (Wildman–Crippen MR) is 71.9 cm³/mol. The Hall–Kier alpha value is -2.06. The van der Waals surface area contributed by atoms with Crippen LogP contribution in [0, 0.1) is 11.3 Å². The van der Waals surface area contributed by atoms with Gasteiger partial charge in [-0.25, -0.2) is 0 Å². The lowest BCUT2D eigenvalue weighted by Crippen LogP contribution is -2.18. The Morgan fingerprint density at radius 3 is 2.72 bits per heavy atom. The third-order valence-corrected chi connectivity index (χ3v) is 2.91. The average Bonchev–Trinajstić information content (AvgIpc) is 2.79. The van der Waals surface area contributed by atoms with Gasteiger partial charge in [0.1, 0.15) is 18.3 Å². The van der Waals surface area contributed by atoms with Gasteiger partial charge in [-0.2, -0.15) is 5.26 Å². The number of anilines is 1. The van der Waals surface area contributed by atoms with E-state index in [2.05, 4.69) is 21.2 Å². The minimum absolute atomic E-state index is 0.131. The maximum Gasteiger partial charge on any atom is 0.244 e. The van der Waals surface area contributed by atoms with Crippen molar-refractivity contribution in [1.29, 1.82) is 5.26 Å². The standard InChI is InChI=1S/C13H10BrN3O/c14-10-3-5-11(6-4-10)16-13(18)9-17-7-1-2-12(17)8-15/h1-7H,9H2,(H,16,18). The lowest BCUT2D eigenvalue weighted by Gasteiger charge is -2.07. The van der Waals surface area contributed by atoms with Crippen molar-refractivity contribution in [2.24, 2.45) is 0 Å². The number of benzene rings is 1. The highest BCUT2D eigenvalue weighted by Crippen LogP contribution is 2.14. The highest BCUT2D eigenvalue weighted by Gasteiger charge is 2.06. The van der Waals surface area contributed by atoms with Gasteiger partial charge < -0.3 is 9.88 Å². The summed E-state index contributed by atoms with van der Waals surface area (Å²) in [5, 5.41) is 11.6. The number of nitrogens with zero attached hydrogens (tertiary/aromatic N) is 2. The molecule has 0 aliphatic rings. The van der Waals surface area contributed by atoms with Crippen molar-refractivity contribution < 1.29 is 4.79 Å². The summed E-state index contributed by atoms with van der Waals surface area (Å²) in [4.78, 5) is 11.8. The molecule has 0 aliphatic carbocycles. The summed E-state index contributed by atoms with van der Waals surface area (Å²) in [6.07, 6.45) is 1.71. The van der Waals surface area contributed by atoms with E-state index in [0.29, 0.717) is 5.69 Å². The van der Waals surface area contributed by atoms with Crippen LogP contribution in [0.2, 0.25) is 0 Å². The lowest BCUT2D eigenvalue weighted by atomic mass is 10.3. The molecule has 0 radical (unpaired) electrons. The number of carbonyl (C=O) groups is 1. The van der Waals surface area contributed by atoms with Gasteiger partial charge in [0.05, 0.1) is 0 Å². The summed E-state index contributed by atoms with van der Waals surface area (Å²) in [7, 11) is 0. The van der Waals surface area contributed by atoms with E-state index >= 15 is 0 Å². The summed E-state index contributed by atoms with van der Waals surface area (Å²) in [5.74, 6) is -0.162. The minimum Gasteiger partial charge on any atom is -0.330 e. The molecule has 1 N–H and O–H groups in total. The zero-order valence-electron chi connectivity index (χ0n) is 9.43.